The normalized spacial score (nSPS) is 22.4. The van der Waals surface area contributed by atoms with Crippen LogP contribution in [-0.4, -0.2) is 75.9 Å². The van der Waals surface area contributed by atoms with Gasteiger partial charge in [0.2, 0.25) is 0 Å². The second-order valence-corrected chi connectivity index (χ2v) is 7.15. The zero-order valence-electron chi connectivity index (χ0n) is 14.9. The van der Waals surface area contributed by atoms with Crippen molar-refractivity contribution in [1.82, 2.24) is 20.1 Å². The first-order chi connectivity index (χ1) is 13.0. The van der Waals surface area contributed by atoms with Crippen LogP contribution in [0.5, 0.6) is 0 Å². The molecule has 2 heterocycles. The van der Waals surface area contributed by atoms with E-state index in [9.17, 15) is 19.5 Å². The fourth-order valence-electron chi connectivity index (χ4n) is 3.57. The molecule has 0 unspecified atom stereocenters. The largest absolute Gasteiger partial charge is 0.393 e. The number of piperazine rings is 1. The SMILES string of the molecule is O=C(NC1CC(O)C1)C(=O)N1CCN(C(=O)c2cc3ccccc3[nH]2)CC1. The van der Waals surface area contributed by atoms with E-state index in [4.69, 9.17) is 0 Å². The van der Waals surface area contributed by atoms with Gasteiger partial charge >= 0.3 is 11.8 Å². The van der Waals surface area contributed by atoms with Gasteiger partial charge in [0.15, 0.2) is 0 Å². The third-order valence-electron chi connectivity index (χ3n) is 5.26. The topological polar surface area (TPSA) is 106 Å². The lowest BCUT2D eigenvalue weighted by Crippen LogP contribution is -2.56. The molecule has 1 saturated carbocycles. The van der Waals surface area contributed by atoms with Crippen molar-refractivity contribution in [2.75, 3.05) is 26.2 Å². The number of carbonyl (C=O) groups excluding carboxylic acids is 3. The molecule has 3 N–H and O–H groups in total. The van der Waals surface area contributed by atoms with E-state index in [1.165, 1.54) is 4.90 Å². The van der Waals surface area contributed by atoms with E-state index in [1.807, 2.05) is 30.3 Å². The number of rotatable bonds is 2. The summed E-state index contributed by atoms with van der Waals surface area (Å²) >= 11 is 0. The van der Waals surface area contributed by atoms with Gasteiger partial charge in [-0.15, -0.1) is 0 Å². The number of benzene rings is 1. The van der Waals surface area contributed by atoms with Gasteiger partial charge in [0, 0.05) is 43.1 Å². The van der Waals surface area contributed by atoms with Gasteiger partial charge in [-0.2, -0.15) is 0 Å². The van der Waals surface area contributed by atoms with Crippen LogP contribution in [0.2, 0.25) is 0 Å². The third-order valence-corrected chi connectivity index (χ3v) is 5.26. The van der Waals surface area contributed by atoms with E-state index in [1.54, 1.807) is 4.90 Å². The maximum absolute atomic E-state index is 12.7. The molecule has 0 radical (unpaired) electrons. The van der Waals surface area contributed by atoms with Crippen LogP contribution in [0.3, 0.4) is 0 Å². The standard InChI is InChI=1S/C19H22N4O4/c24-14-10-13(11-14)20-17(25)19(27)23-7-5-22(6-8-23)18(26)16-9-12-3-1-2-4-15(12)21-16/h1-4,9,13-14,21,24H,5-8,10-11H2,(H,20,25). The summed E-state index contributed by atoms with van der Waals surface area (Å²) in [5.74, 6) is -1.32. The molecule has 0 spiro atoms. The van der Waals surface area contributed by atoms with E-state index in [0.29, 0.717) is 44.7 Å². The first kappa shape index (κ1) is 17.5. The predicted molar refractivity (Wildman–Crippen MR) is 98.0 cm³/mol. The number of nitrogens with one attached hydrogen (secondary N) is 2. The summed E-state index contributed by atoms with van der Waals surface area (Å²) in [6, 6.07) is 9.40. The van der Waals surface area contributed by atoms with Crippen LogP contribution < -0.4 is 5.32 Å². The summed E-state index contributed by atoms with van der Waals surface area (Å²) in [5, 5.41) is 12.9. The molecular formula is C19H22N4O4. The van der Waals surface area contributed by atoms with Crippen LogP contribution in [0.1, 0.15) is 23.3 Å². The van der Waals surface area contributed by atoms with Gasteiger partial charge in [0.05, 0.1) is 6.10 Å². The van der Waals surface area contributed by atoms with Gasteiger partial charge in [0.1, 0.15) is 5.69 Å². The Kier molecular flexibility index (Phi) is 4.57. The van der Waals surface area contributed by atoms with Gasteiger partial charge < -0.3 is 25.2 Å². The van der Waals surface area contributed by atoms with E-state index in [0.717, 1.165) is 10.9 Å². The minimum atomic E-state index is -0.637. The molecule has 27 heavy (non-hydrogen) atoms. The number of aliphatic hydroxyl groups excluding tert-OH is 1. The fraction of sp³-hybridized carbons (Fsp3) is 0.421. The molecular weight excluding hydrogens is 348 g/mol. The number of fused-ring (bicyclic) bond motifs is 1. The summed E-state index contributed by atoms with van der Waals surface area (Å²) in [6.45, 7) is 1.42. The Morgan fingerprint density at radius 2 is 1.70 bits per heavy atom. The number of H-pyrrole nitrogens is 1. The van der Waals surface area contributed by atoms with Crippen LogP contribution in [0.25, 0.3) is 10.9 Å². The highest BCUT2D eigenvalue weighted by Gasteiger charge is 2.33. The molecule has 0 atom stereocenters. The molecule has 3 amide bonds. The smallest absolute Gasteiger partial charge is 0.312 e. The lowest BCUT2D eigenvalue weighted by molar-refractivity contribution is -0.147. The molecule has 8 heteroatoms. The molecule has 0 bridgehead atoms. The number of carbonyl (C=O) groups is 3. The van der Waals surface area contributed by atoms with Crippen molar-refractivity contribution in [2.45, 2.75) is 25.0 Å². The Morgan fingerprint density at radius 3 is 2.37 bits per heavy atom. The van der Waals surface area contributed by atoms with Crippen LogP contribution in [0, 0.1) is 0 Å². The highest BCUT2D eigenvalue weighted by molar-refractivity contribution is 6.35. The van der Waals surface area contributed by atoms with Crippen molar-refractivity contribution in [3.8, 4) is 0 Å². The van der Waals surface area contributed by atoms with Crippen LogP contribution in [0.15, 0.2) is 30.3 Å². The van der Waals surface area contributed by atoms with E-state index < -0.39 is 11.8 Å². The highest BCUT2D eigenvalue weighted by atomic mass is 16.3. The number of hydrogen-bond donors (Lipinski definition) is 3. The third kappa shape index (κ3) is 3.52. The number of aliphatic hydroxyl groups is 1. The van der Waals surface area contributed by atoms with Crippen molar-refractivity contribution in [3.05, 3.63) is 36.0 Å². The number of amides is 3. The number of nitrogens with zero attached hydrogens (tertiary/aromatic N) is 2. The minimum Gasteiger partial charge on any atom is -0.393 e. The van der Waals surface area contributed by atoms with Crippen LogP contribution in [-0.2, 0) is 9.59 Å². The Balaban J connectivity index is 1.32. The average Bonchev–Trinajstić information content (AvgIpc) is 3.10. The van der Waals surface area contributed by atoms with Gasteiger partial charge in [-0.3, -0.25) is 14.4 Å². The Bertz CT molecular complexity index is 846. The van der Waals surface area contributed by atoms with Crippen molar-refractivity contribution >= 4 is 28.6 Å². The fourth-order valence-corrected chi connectivity index (χ4v) is 3.57. The van der Waals surface area contributed by atoms with Crippen molar-refractivity contribution in [3.63, 3.8) is 0 Å². The summed E-state index contributed by atoms with van der Waals surface area (Å²) in [6.07, 6.45) is 0.599. The monoisotopic (exact) mass is 370 g/mol. The van der Waals surface area contributed by atoms with Gasteiger partial charge in [-0.25, -0.2) is 0 Å². The molecule has 8 nitrogen and oxygen atoms in total. The Hall–Kier alpha value is -2.87. The Labute approximate surface area is 156 Å². The second-order valence-electron chi connectivity index (χ2n) is 7.15. The molecule has 1 aromatic heterocycles. The minimum absolute atomic E-state index is 0.105. The maximum Gasteiger partial charge on any atom is 0.312 e. The molecule has 2 aromatic rings. The van der Waals surface area contributed by atoms with E-state index >= 15 is 0 Å². The molecule has 4 rings (SSSR count). The lowest BCUT2D eigenvalue weighted by atomic mass is 9.89. The molecule has 2 fully saturated rings. The summed E-state index contributed by atoms with van der Waals surface area (Å²) in [4.78, 5) is 43.3. The zero-order valence-corrected chi connectivity index (χ0v) is 14.9. The second kappa shape index (κ2) is 7.03. The average molecular weight is 370 g/mol. The summed E-state index contributed by atoms with van der Waals surface area (Å²) in [5.41, 5.74) is 1.43. The number of aromatic amines is 1. The molecule has 1 aromatic carbocycles. The van der Waals surface area contributed by atoms with Crippen molar-refractivity contribution in [2.24, 2.45) is 0 Å². The quantitative estimate of drug-likeness (QED) is 0.652. The molecule has 142 valence electrons. The zero-order chi connectivity index (χ0) is 19.0. The molecule has 1 saturated heterocycles. The van der Waals surface area contributed by atoms with Crippen molar-refractivity contribution < 1.29 is 19.5 Å². The summed E-state index contributed by atoms with van der Waals surface area (Å²) in [7, 11) is 0. The van der Waals surface area contributed by atoms with E-state index in [2.05, 4.69) is 10.3 Å². The molecule has 2 aliphatic rings. The highest BCUT2D eigenvalue weighted by Crippen LogP contribution is 2.19. The maximum atomic E-state index is 12.7. The summed E-state index contributed by atoms with van der Waals surface area (Å²) < 4.78 is 0. The predicted octanol–water partition coefficient (Wildman–Crippen LogP) is 0.0918. The van der Waals surface area contributed by atoms with E-state index in [-0.39, 0.29) is 18.1 Å². The first-order valence-electron chi connectivity index (χ1n) is 9.16. The number of para-hydroxylation sites is 1. The molecule has 1 aliphatic heterocycles. The number of aromatic nitrogens is 1. The van der Waals surface area contributed by atoms with Crippen LogP contribution >= 0.6 is 0 Å². The van der Waals surface area contributed by atoms with Gasteiger partial charge in [-0.05, 0) is 25.0 Å². The van der Waals surface area contributed by atoms with Gasteiger partial charge in [0.25, 0.3) is 5.91 Å². The lowest BCUT2D eigenvalue weighted by Gasteiger charge is -2.35. The van der Waals surface area contributed by atoms with Gasteiger partial charge in [-0.1, -0.05) is 18.2 Å². The molecule has 1 aliphatic carbocycles. The number of hydrogen-bond acceptors (Lipinski definition) is 4. The van der Waals surface area contributed by atoms with Crippen LogP contribution in [0.4, 0.5) is 0 Å². The van der Waals surface area contributed by atoms with Crippen molar-refractivity contribution in [1.29, 1.82) is 0 Å². The Morgan fingerprint density at radius 1 is 1.04 bits per heavy atom. The first-order valence-corrected chi connectivity index (χ1v) is 9.16.